The number of carbonyl (C=O) groups is 2. The van der Waals surface area contributed by atoms with E-state index >= 15 is 0 Å². The molecule has 4 aliphatic heterocycles. The minimum Gasteiger partial charge on any atom is -0.504 e. The summed E-state index contributed by atoms with van der Waals surface area (Å²) in [4.78, 5) is 28.6. The third-order valence-electron chi connectivity index (χ3n) is 9.82. The van der Waals surface area contributed by atoms with Gasteiger partial charge in [-0.3, -0.25) is 4.79 Å². The molecule has 0 spiro atoms. The molecular formula is C36H41NO14. The second-order valence-electron chi connectivity index (χ2n) is 12.6. The molecule has 2 aromatic rings. The summed E-state index contributed by atoms with van der Waals surface area (Å²) >= 11 is 0. The molecule has 2 aromatic carbocycles. The number of esters is 1. The Kier molecular flexibility index (Phi) is 10.5. The third kappa shape index (κ3) is 6.70. The van der Waals surface area contributed by atoms with E-state index in [1.165, 1.54) is 45.8 Å². The SMILES string of the molecule is C=CC1C(OC2OC(CO)C(O)C(O)C2OC(=O)C=Cc2cc(OC)c(O)c(OC)c2)OC=C2C(=O)N3CCc4cc(O)c(OC)cc4C3CC21. The van der Waals surface area contributed by atoms with Gasteiger partial charge in [-0.25, -0.2) is 4.79 Å². The van der Waals surface area contributed by atoms with E-state index in [9.17, 15) is 35.1 Å². The predicted octanol–water partition coefficient (Wildman–Crippen LogP) is 1.69. The number of ether oxygens (including phenoxy) is 7. The molecule has 274 valence electrons. The highest BCUT2D eigenvalue weighted by Gasteiger charge is 2.52. The fourth-order valence-corrected chi connectivity index (χ4v) is 7.16. The van der Waals surface area contributed by atoms with E-state index in [1.54, 1.807) is 23.1 Å². The van der Waals surface area contributed by atoms with Crippen LogP contribution in [0.4, 0.5) is 0 Å². The molecule has 6 rings (SSSR count). The normalized spacial score (nSPS) is 29.9. The molecule has 1 amide bonds. The largest absolute Gasteiger partial charge is 0.504 e. The lowest BCUT2D eigenvalue weighted by molar-refractivity contribution is -0.340. The third-order valence-corrected chi connectivity index (χ3v) is 9.82. The highest BCUT2D eigenvalue weighted by molar-refractivity contribution is 5.95. The summed E-state index contributed by atoms with van der Waals surface area (Å²) in [5.41, 5.74) is 2.60. The van der Waals surface area contributed by atoms with Crippen LogP contribution in [0.3, 0.4) is 0 Å². The van der Waals surface area contributed by atoms with Crippen molar-refractivity contribution in [3.63, 3.8) is 0 Å². The maximum absolute atomic E-state index is 13.8. The quantitative estimate of drug-likeness (QED) is 0.135. The lowest BCUT2D eigenvalue weighted by atomic mass is 9.73. The molecule has 15 heteroatoms. The maximum Gasteiger partial charge on any atom is 0.331 e. The number of fused-ring (bicyclic) bond motifs is 4. The molecule has 15 nitrogen and oxygen atoms in total. The van der Waals surface area contributed by atoms with E-state index in [4.69, 9.17) is 33.2 Å². The van der Waals surface area contributed by atoms with Gasteiger partial charge >= 0.3 is 5.97 Å². The predicted molar refractivity (Wildman–Crippen MR) is 177 cm³/mol. The number of methoxy groups -OCH3 is 3. The van der Waals surface area contributed by atoms with E-state index in [2.05, 4.69) is 6.58 Å². The monoisotopic (exact) mass is 711 g/mol. The number of hydrogen-bond donors (Lipinski definition) is 5. The Hall–Kier alpha value is -4.80. The number of benzene rings is 2. The molecule has 0 aliphatic carbocycles. The molecule has 0 aromatic heterocycles. The fourth-order valence-electron chi connectivity index (χ4n) is 7.16. The number of phenols is 2. The summed E-state index contributed by atoms with van der Waals surface area (Å²) in [6, 6.07) is 5.99. The summed E-state index contributed by atoms with van der Waals surface area (Å²) in [7, 11) is 4.17. The average Bonchev–Trinajstić information content (AvgIpc) is 3.13. The van der Waals surface area contributed by atoms with Crippen LogP contribution in [0.1, 0.15) is 29.2 Å². The summed E-state index contributed by atoms with van der Waals surface area (Å²) in [6.45, 7) is 3.74. The number of phenolic OH excluding ortho intramolecular Hbond substituents is 2. The Morgan fingerprint density at radius 3 is 2.37 bits per heavy atom. The van der Waals surface area contributed by atoms with E-state index in [-0.39, 0.29) is 34.9 Å². The molecule has 0 radical (unpaired) electrons. The summed E-state index contributed by atoms with van der Waals surface area (Å²) in [6.07, 6.45) is -2.58. The molecule has 2 saturated heterocycles. The number of aliphatic hydroxyl groups is 3. The first-order valence-electron chi connectivity index (χ1n) is 16.3. The van der Waals surface area contributed by atoms with Crippen LogP contribution in [0.2, 0.25) is 0 Å². The molecule has 9 unspecified atom stereocenters. The minimum absolute atomic E-state index is 0.0171. The van der Waals surface area contributed by atoms with Crippen LogP contribution in [0.15, 0.2) is 54.8 Å². The Balaban J connectivity index is 1.23. The Morgan fingerprint density at radius 2 is 1.73 bits per heavy atom. The van der Waals surface area contributed by atoms with Crippen molar-refractivity contribution in [1.82, 2.24) is 4.90 Å². The van der Waals surface area contributed by atoms with Gasteiger partial charge in [0.2, 0.25) is 18.3 Å². The maximum atomic E-state index is 13.8. The lowest BCUT2D eigenvalue weighted by Crippen LogP contribution is -2.61. The van der Waals surface area contributed by atoms with Crippen molar-refractivity contribution < 1.29 is 68.3 Å². The standard InChI is InChI=1S/C36H41NO14/c1-5-19-21-13-23-20-14-25(45-2)24(39)12-18(20)8-9-37(23)34(44)22(21)16-48-35(19)51-36-33(32(43)31(42)28(15-38)49-36)50-29(40)7-6-17-10-26(46-3)30(41)27(11-17)47-4/h5-7,10-12,14,16,19,21,23,28,31-33,35-36,38-39,41-43H,1,8-9,13,15H2,2-4H3. The van der Waals surface area contributed by atoms with Gasteiger partial charge in [-0.15, -0.1) is 6.58 Å². The Labute approximate surface area is 293 Å². The topological polar surface area (TPSA) is 203 Å². The van der Waals surface area contributed by atoms with Gasteiger partial charge in [0.05, 0.1) is 45.8 Å². The zero-order valence-electron chi connectivity index (χ0n) is 28.2. The highest BCUT2D eigenvalue weighted by atomic mass is 16.8. The minimum atomic E-state index is -1.74. The van der Waals surface area contributed by atoms with Gasteiger partial charge in [-0.1, -0.05) is 6.08 Å². The molecule has 5 N–H and O–H groups in total. The van der Waals surface area contributed by atoms with Crippen LogP contribution in [-0.2, 0) is 35.0 Å². The molecule has 51 heavy (non-hydrogen) atoms. The number of aliphatic hydroxyl groups excluding tert-OH is 3. The van der Waals surface area contributed by atoms with Gasteiger partial charge in [0.15, 0.2) is 29.1 Å². The van der Waals surface area contributed by atoms with Crippen molar-refractivity contribution in [3.8, 4) is 28.7 Å². The Morgan fingerprint density at radius 1 is 1.02 bits per heavy atom. The zero-order chi connectivity index (χ0) is 36.6. The van der Waals surface area contributed by atoms with E-state index in [0.29, 0.717) is 36.3 Å². The van der Waals surface area contributed by atoms with Crippen LogP contribution in [0, 0.1) is 11.8 Å². The molecule has 0 bridgehead atoms. The van der Waals surface area contributed by atoms with E-state index in [1.807, 2.05) is 0 Å². The van der Waals surface area contributed by atoms with Crippen LogP contribution < -0.4 is 14.2 Å². The zero-order valence-corrected chi connectivity index (χ0v) is 28.2. The average molecular weight is 712 g/mol. The number of piperidine rings is 1. The summed E-state index contributed by atoms with van der Waals surface area (Å²) in [5, 5.41) is 52.1. The number of nitrogens with zero attached hydrogens (tertiary/aromatic N) is 1. The van der Waals surface area contributed by atoms with Crippen LogP contribution >= 0.6 is 0 Å². The molecule has 2 fully saturated rings. The van der Waals surface area contributed by atoms with Gasteiger partial charge in [-0.2, -0.15) is 0 Å². The second-order valence-corrected chi connectivity index (χ2v) is 12.6. The number of rotatable bonds is 10. The number of aromatic hydroxyl groups is 2. The first-order valence-corrected chi connectivity index (χ1v) is 16.3. The summed E-state index contributed by atoms with van der Waals surface area (Å²) < 4.78 is 39.1. The van der Waals surface area contributed by atoms with Crippen molar-refractivity contribution in [2.45, 2.75) is 55.9 Å². The molecule has 9 atom stereocenters. The highest BCUT2D eigenvalue weighted by Crippen LogP contribution is 2.49. The number of carbonyl (C=O) groups excluding carboxylic acids is 2. The Bertz CT molecular complexity index is 1700. The molecular weight excluding hydrogens is 670 g/mol. The molecule has 4 heterocycles. The van der Waals surface area contributed by atoms with Crippen LogP contribution in [0.5, 0.6) is 28.7 Å². The first kappa shape index (κ1) is 36.0. The van der Waals surface area contributed by atoms with Gasteiger partial charge in [-0.05, 0) is 59.9 Å². The second kappa shape index (κ2) is 14.8. The van der Waals surface area contributed by atoms with Crippen LogP contribution in [0.25, 0.3) is 6.08 Å². The smallest absolute Gasteiger partial charge is 0.331 e. The van der Waals surface area contributed by atoms with Crippen molar-refractivity contribution in [2.75, 3.05) is 34.5 Å². The van der Waals surface area contributed by atoms with Gasteiger partial charge in [0.25, 0.3) is 5.91 Å². The first-order chi connectivity index (χ1) is 24.5. The van der Waals surface area contributed by atoms with E-state index < -0.39 is 61.4 Å². The lowest BCUT2D eigenvalue weighted by Gasteiger charge is -2.49. The summed E-state index contributed by atoms with van der Waals surface area (Å²) in [5.74, 6) is -1.93. The van der Waals surface area contributed by atoms with Crippen LogP contribution in [-0.4, -0.2) is 114 Å². The van der Waals surface area contributed by atoms with Crippen molar-refractivity contribution in [3.05, 3.63) is 71.5 Å². The number of amides is 1. The van der Waals surface area contributed by atoms with Gasteiger partial charge in [0.1, 0.15) is 18.3 Å². The van der Waals surface area contributed by atoms with Gasteiger partial charge in [0, 0.05) is 24.5 Å². The fraction of sp³-hybridized carbons (Fsp3) is 0.444. The van der Waals surface area contributed by atoms with E-state index in [0.717, 1.165) is 17.2 Å². The molecule has 0 saturated carbocycles. The van der Waals surface area contributed by atoms with Crippen molar-refractivity contribution >= 4 is 18.0 Å². The van der Waals surface area contributed by atoms with Crippen molar-refractivity contribution in [2.24, 2.45) is 11.8 Å². The van der Waals surface area contributed by atoms with Gasteiger partial charge < -0.3 is 63.6 Å². The molecule has 4 aliphatic rings. The van der Waals surface area contributed by atoms with Crippen molar-refractivity contribution in [1.29, 1.82) is 0 Å². The number of hydrogen-bond acceptors (Lipinski definition) is 14.